The minimum Gasteiger partial charge on any atom is -0.493 e. The molecule has 0 bridgehead atoms. The molecule has 160 valence electrons. The molecular weight excluding hydrogens is 420 g/mol. The van der Waals surface area contributed by atoms with Crippen molar-refractivity contribution >= 4 is 21.4 Å². The SMILES string of the molecule is COc1cc(-c2cnc3sc(NCc4ccc5c(c4)OCO5)nn23)cc(OC)c1OC. The number of hydrogen-bond acceptors (Lipinski definition) is 9. The van der Waals surface area contributed by atoms with Crippen LogP contribution in [0.25, 0.3) is 16.2 Å². The Morgan fingerprint density at radius 2 is 1.81 bits per heavy atom. The summed E-state index contributed by atoms with van der Waals surface area (Å²) in [6, 6.07) is 9.64. The number of ether oxygens (including phenoxy) is 5. The molecule has 4 aromatic rings. The summed E-state index contributed by atoms with van der Waals surface area (Å²) in [5.74, 6) is 3.22. The van der Waals surface area contributed by atoms with E-state index < -0.39 is 0 Å². The van der Waals surface area contributed by atoms with Gasteiger partial charge in [0.25, 0.3) is 0 Å². The Morgan fingerprint density at radius 1 is 1.03 bits per heavy atom. The van der Waals surface area contributed by atoms with Gasteiger partial charge in [-0.25, -0.2) is 9.50 Å². The second kappa shape index (κ2) is 7.88. The van der Waals surface area contributed by atoms with Gasteiger partial charge in [0.15, 0.2) is 23.0 Å². The van der Waals surface area contributed by atoms with Crippen molar-refractivity contribution in [2.24, 2.45) is 0 Å². The second-order valence-corrected chi connectivity index (χ2v) is 7.66. The molecule has 9 nitrogen and oxygen atoms in total. The Labute approximate surface area is 182 Å². The highest BCUT2D eigenvalue weighted by molar-refractivity contribution is 7.20. The van der Waals surface area contributed by atoms with Crippen LogP contribution in [0.1, 0.15) is 5.56 Å². The fourth-order valence-corrected chi connectivity index (χ4v) is 4.19. The fourth-order valence-electron chi connectivity index (χ4n) is 3.42. The molecule has 0 atom stereocenters. The molecule has 1 N–H and O–H groups in total. The smallest absolute Gasteiger partial charge is 0.231 e. The van der Waals surface area contributed by atoms with Crippen molar-refractivity contribution in [3.05, 3.63) is 42.1 Å². The van der Waals surface area contributed by atoms with Gasteiger partial charge in [-0.2, -0.15) is 0 Å². The van der Waals surface area contributed by atoms with Gasteiger partial charge in [0.2, 0.25) is 22.6 Å². The maximum Gasteiger partial charge on any atom is 0.231 e. The van der Waals surface area contributed by atoms with Crippen LogP contribution in [-0.2, 0) is 6.54 Å². The van der Waals surface area contributed by atoms with Crippen LogP contribution in [0.4, 0.5) is 5.13 Å². The van der Waals surface area contributed by atoms with E-state index >= 15 is 0 Å². The zero-order valence-corrected chi connectivity index (χ0v) is 18.0. The van der Waals surface area contributed by atoms with Crippen molar-refractivity contribution in [2.45, 2.75) is 6.54 Å². The summed E-state index contributed by atoms with van der Waals surface area (Å²) in [6.45, 7) is 0.867. The van der Waals surface area contributed by atoms with Crippen LogP contribution in [0.5, 0.6) is 28.7 Å². The van der Waals surface area contributed by atoms with Gasteiger partial charge in [-0.3, -0.25) is 0 Å². The maximum atomic E-state index is 5.47. The van der Waals surface area contributed by atoms with E-state index in [2.05, 4.69) is 15.4 Å². The number of methoxy groups -OCH3 is 3. The first-order chi connectivity index (χ1) is 15.2. The molecule has 0 saturated heterocycles. The van der Waals surface area contributed by atoms with Crippen LogP contribution in [0.3, 0.4) is 0 Å². The molecule has 2 aromatic heterocycles. The predicted octanol–water partition coefficient (Wildman–Crippen LogP) is 3.82. The summed E-state index contributed by atoms with van der Waals surface area (Å²) in [4.78, 5) is 5.28. The van der Waals surface area contributed by atoms with Crippen molar-refractivity contribution in [3.63, 3.8) is 0 Å². The van der Waals surface area contributed by atoms with Gasteiger partial charge >= 0.3 is 0 Å². The van der Waals surface area contributed by atoms with Crippen molar-refractivity contribution in [2.75, 3.05) is 33.4 Å². The van der Waals surface area contributed by atoms with Gasteiger partial charge in [0.05, 0.1) is 33.2 Å². The third-order valence-corrected chi connectivity index (χ3v) is 5.81. The molecule has 1 aliphatic rings. The van der Waals surface area contributed by atoms with Gasteiger partial charge in [0.1, 0.15) is 0 Å². The lowest BCUT2D eigenvalue weighted by Gasteiger charge is -2.13. The monoisotopic (exact) mass is 440 g/mol. The number of hydrogen-bond donors (Lipinski definition) is 1. The van der Waals surface area contributed by atoms with Gasteiger partial charge in [-0.15, -0.1) is 5.10 Å². The van der Waals surface area contributed by atoms with Crippen molar-refractivity contribution in [3.8, 4) is 40.0 Å². The van der Waals surface area contributed by atoms with Crippen LogP contribution in [0.2, 0.25) is 0 Å². The molecule has 0 fully saturated rings. The number of nitrogens with zero attached hydrogens (tertiary/aromatic N) is 3. The number of fused-ring (bicyclic) bond motifs is 2. The highest BCUT2D eigenvalue weighted by Gasteiger charge is 2.18. The third kappa shape index (κ3) is 3.44. The van der Waals surface area contributed by atoms with E-state index in [4.69, 9.17) is 23.7 Å². The molecule has 0 amide bonds. The average Bonchev–Trinajstić information content (AvgIpc) is 3.51. The first-order valence-corrected chi connectivity index (χ1v) is 10.3. The second-order valence-electron chi connectivity index (χ2n) is 6.70. The number of imidazole rings is 1. The predicted molar refractivity (Wildman–Crippen MR) is 116 cm³/mol. The van der Waals surface area contributed by atoms with Gasteiger partial charge in [-0.05, 0) is 29.8 Å². The zero-order chi connectivity index (χ0) is 21.4. The Morgan fingerprint density at radius 3 is 2.55 bits per heavy atom. The Hall–Kier alpha value is -3.66. The van der Waals surface area contributed by atoms with E-state index in [1.165, 1.54) is 11.3 Å². The Kier molecular flexibility index (Phi) is 4.91. The van der Waals surface area contributed by atoms with E-state index in [0.717, 1.165) is 38.4 Å². The Balaban J connectivity index is 1.42. The summed E-state index contributed by atoms with van der Waals surface area (Å²) in [6.07, 6.45) is 1.78. The average molecular weight is 440 g/mol. The number of benzene rings is 2. The molecule has 10 heteroatoms. The van der Waals surface area contributed by atoms with E-state index in [-0.39, 0.29) is 6.79 Å². The molecule has 1 aliphatic heterocycles. The summed E-state index contributed by atoms with van der Waals surface area (Å²) >= 11 is 1.47. The summed E-state index contributed by atoms with van der Waals surface area (Å²) in [5, 5.41) is 8.79. The van der Waals surface area contributed by atoms with Crippen LogP contribution in [0, 0.1) is 0 Å². The van der Waals surface area contributed by atoms with E-state index in [1.54, 1.807) is 32.0 Å². The highest BCUT2D eigenvalue weighted by Crippen LogP contribution is 2.41. The van der Waals surface area contributed by atoms with Gasteiger partial charge in [-0.1, -0.05) is 17.4 Å². The van der Waals surface area contributed by atoms with E-state index in [0.29, 0.717) is 23.8 Å². The number of anilines is 1. The maximum absolute atomic E-state index is 5.47. The molecule has 0 saturated carbocycles. The lowest BCUT2D eigenvalue weighted by Crippen LogP contribution is -2.00. The van der Waals surface area contributed by atoms with Crippen LogP contribution >= 0.6 is 11.3 Å². The lowest BCUT2D eigenvalue weighted by molar-refractivity contribution is 0.174. The molecule has 0 spiro atoms. The fraction of sp³-hybridized carbons (Fsp3) is 0.238. The lowest BCUT2D eigenvalue weighted by atomic mass is 10.1. The topological polar surface area (TPSA) is 88.4 Å². The van der Waals surface area contributed by atoms with Crippen LogP contribution < -0.4 is 29.0 Å². The molecule has 0 radical (unpaired) electrons. The normalized spacial score (nSPS) is 12.2. The zero-order valence-electron chi connectivity index (χ0n) is 17.2. The summed E-state index contributed by atoms with van der Waals surface area (Å²) < 4.78 is 28.9. The van der Waals surface area contributed by atoms with Gasteiger partial charge in [0, 0.05) is 12.1 Å². The molecule has 31 heavy (non-hydrogen) atoms. The molecular formula is C21H20N4O5S. The number of aromatic nitrogens is 3. The summed E-state index contributed by atoms with van der Waals surface area (Å²) in [7, 11) is 4.76. The van der Waals surface area contributed by atoms with Crippen molar-refractivity contribution in [1.29, 1.82) is 0 Å². The first-order valence-electron chi connectivity index (χ1n) is 9.47. The van der Waals surface area contributed by atoms with E-state index in [9.17, 15) is 0 Å². The summed E-state index contributed by atoms with van der Waals surface area (Å²) in [5.41, 5.74) is 2.75. The quantitative estimate of drug-likeness (QED) is 0.464. The van der Waals surface area contributed by atoms with E-state index in [1.807, 2.05) is 30.3 Å². The molecule has 2 aromatic carbocycles. The molecule has 5 rings (SSSR count). The van der Waals surface area contributed by atoms with Crippen LogP contribution in [-0.4, -0.2) is 42.7 Å². The first kappa shape index (κ1) is 19.3. The number of rotatable bonds is 7. The Bertz CT molecular complexity index is 1230. The van der Waals surface area contributed by atoms with Crippen LogP contribution in [0.15, 0.2) is 36.5 Å². The molecule has 0 unspecified atom stereocenters. The highest BCUT2D eigenvalue weighted by atomic mass is 32.1. The molecule has 0 aliphatic carbocycles. The van der Waals surface area contributed by atoms with Gasteiger partial charge < -0.3 is 29.0 Å². The minimum absolute atomic E-state index is 0.263. The standard InChI is InChI=1S/C21H20N4O5S/c1-26-17-7-13(8-18(27-2)19(17)28-3)14-10-23-21-25(14)24-20(31-21)22-9-12-4-5-15-16(6-12)30-11-29-15/h4-8,10H,9,11H2,1-3H3,(H,22,24). The minimum atomic E-state index is 0.263. The van der Waals surface area contributed by atoms with Crippen molar-refractivity contribution < 1.29 is 23.7 Å². The number of nitrogens with one attached hydrogen (secondary N) is 1. The largest absolute Gasteiger partial charge is 0.493 e. The van der Waals surface area contributed by atoms with Crippen molar-refractivity contribution in [1.82, 2.24) is 14.6 Å². The third-order valence-electron chi connectivity index (χ3n) is 4.93. The molecule has 3 heterocycles.